The van der Waals surface area contributed by atoms with Crippen LogP contribution in [0.5, 0.6) is 5.75 Å². The number of nitrogens with zero attached hydrogens (tertiary/aromatic N) is 1. The molecule has 1 aromatic carbocycles. The molecule has 0 aliphatic heterocycles. The molecular weight excluding hydrogens is 332 g/mol. The molecule has 2 aromatic rings. The van der Waals surface area contributed by atoms with Gasteiger partial charge in [0.1, 0.15) is 5.75 Å². The predicted octanol–water partition coefficient (Wildman–Crippen LogP) is 3.78. The van der Waals surface area contributed by atoms with E-state index in [-0.39, 0.29) is 27.0 Å². The Morgan fingerprint density at radius 2 is 2.00 bits per heavy atom. The Morgan fingerprint density at radius 3 is 2.55 bits per heavy atom. The van der Waals surface area contributed by atoms with Gasteiger partial charge in [-0.3, -0.25) is 4.79 Å². The van der Waals surface area contributed by atoms with E-state index >= 15 is 0 Å². The maximum Gasteiger partial charge on any atom is 0.255 e. The van der Waals surface area contributed by atoms with Crippen LogP contribution in [-0.4, -0.2) is 9.67 Å². The summed E-state index contributed by atoms with van der Waals surface area (Å²) in [7, 11) is 0. The number of pyridine rings is 1. The number of rotatable bonds is 1. The third-order valence-corrected chi connectivity index (χ3v) is 4.90. The number of aromatic hydroxyl groups is 1. The molecule has 1 saturated carbocycles. The van der Waals surface area contributed by atoms with Crippen LogP contribution in [-0.2, 0) is 0 Å². The van der Waals surface area contributed by atoms with Crippen molar-refractivity contribution in [2.45, 2.75) is 32.2 Å². The number of aryl methyl sites for hydroxylation is 1. The molecule has 3 nitrogen and oxygen atoms in total. The summed E-state index contributed by atoms with van der Waals surface area (Å²) in [6.07, 6.45) is 2.66. The number of fused-ring (bicyclic) bond motifs is 1. The first kappa shape index (κ1) is 13.5. The van der Waals surface area contributed by atoms with E-state index in [1.807, 2.05) is 0 Å². The van der Waals surface area contributed by atoms with Gasteiger partial charge in [-0.2, -0.15) is 0 Å². The Kier molecular flexibility index (Phi) is 3.08. The van der Waals surface area contributed by atoms with Gasteiger partial charge in [-0.15, -0.1) is 0 Å². The van der Waals surface area contributed by atoms with Crippen molar-refractivity contribution in [2.75, 3.05) is 0 Å². The second kappa shape index (κ2) is 4.55. The molecule has 1 aliphatic rings. The summed E-state index contributed by atoms with van der Waals surface area (Å²) in [6, 6.07) is 0.942. The molecule has 0 radical (unpaired) electrons. The monoisotopic (exact) mass is 343 g/mol. The standard InChI is InChI=1S/C14H12BrF2NO2/c1-6-11(15)13(17)12(16)10-8(19)5-9(20)18(14(6)10)7-3-2-4-7/h5,7,19H,2-4H2,1H3. The molecular formula is C14H12BrF2NO2. The molecule has 0 bridgehead atoms. The van der Waals surface area contributed by atoms with Gasteiger partial charge in [-0.05, 0) is 47.7 Å². The maximum absolute atomic E-state index is 14.1. The van der Waals surface area contributed by atoms with Gasteiger partial charge in [0.05, 0.1) is 15.4 Å². The van der Waals surface area contributed by atoms with Crippen LogP contribution in [0.1, 0.15) is 30.9 Å². The van der Waals surface area contributed by atoms with Gasteiger partial charge in [0.25, 0.3) is 5.56 Å². The van der Waals surface area contributed by atoms with Crippen molar-refractivity contribution in [3.8, 4) is 5.75 Å². The minimum Gasteiger partial charge on any atom is -0.507 e. The summed E-state index contributed by atoms with van der Waals surface area (Å²) in [5.74, 6) is -2.71. The Labute approximate surface area is 122 Å². The number of hydrogen-bond acceptors (Lipinski definition) is 2. The van der Waals surface area contributed by atoms with Gasteiger partial charge in [0.15, 0.2) is 11.6 Å². The fourth-order valence-electron chi connectivity index (χ4n) is 2.68. The minimum atomic E-state index is -1.14. The van der Waals surface area contributed by atoms with Gasteiger partial charge in [-0.25, -0.2) is 8.78 Å². The van der Waals surface area contributed by atoms with Crippen molar-refractivity contribution in [1.29, 1.82) is 0 Å². The molecule has 1 fully saturated rings. The summed E-state index contributed by atoms with van der Waals surface area (Å²) < 4.78 is 29.4. The first-order valence-electron chi connectivity index (χ1n) is 6.34. The Hall–Kier alpha value is -1.43. The molecule has 3 rings (SSSR count). The van der Waals surface area contributed by atoms with E-state index in [0.717, 1.165) is 25.3 Å². The van der Waals surface area contributed by atoms with Crippen LogP contribution in [0.3, 0.4) is 0 Å². The number of hydrogen-bond donors (Lipinski definition) is 1. The van der Waals surface area contributed by atoms with E-state index in [0.29, 0.717) is 5.56 Å². The molecule has 0 unspecified atom stereocenters. The van der Waals surface area contributed by atoms with Crippen molar-refractivity contribution >= 4 is 26.8 Å². The van der Waals surface area contributed by atoms with Gasteiger partial charge in [-0.1, -0.05) is 0 Å². The first-order chi connectivity index (χ1) is 9.43. The largest absolute Gasteiger partial charge is 0.507 e. The molecule has 20 heavy (non-hydrogen) atoms. The first-order valence-corrected chi connectivity index (χ1v) is 7.14. The van der Waals surface area contributed by atoms with Crippen molar-refractivity contribution in [3.05, 3.63) is 38.1 Å². The normalized spacial score (nSPS) is 15.6. The van der Waals surface area contributed by atoms with Crippen LogP contribution < -0.4 is 5.56 Å². The van der Waals surface area contributed by atoms with Crippen LogP contribution in [0.2, 0.25) is 0 Å². The van der Waals surface area contributed by atoms with Crippen molar-refractivity contribution in [3.63, 3.8) is 0 Å². The highest BCUT2D eigenvalue weighted by atomic mass is 79.9. The van der Waals surface area contributed by atoms with E-state index < -0.39 is 17.4 Å². The second-order valence-electron chi connectivity index (χ2n) is 5.11. The summed E-state index contributed by atoms with van der Waals surface area (Å²) in [5, 5.41) is 9.61. The average Bonchev–Trinajstić information content (AvgIpc) is 2.34. The third-order valence-electron chi connectivity index (χ3n) is 3.96. The molecule has 1 aromatic heterocycles. The molecule has 1 heterocycles. The van der Waals surface area contributed by atoms with Crippen LogP contribution in [0, 0.1) is 18.6 Å². The Balaban J connectivity index is 2.54. The van der Waals surface area contributed by atoms with Crippen LogP contribution in [0.25, 0.3) is 10.9 Å². The quantitative estimate of drug-likeness (QED) is 0.800. The zero-order valence-corrected chi connectivity index (χ0v) is 12.3. The van der Waals surface area contributed by atoms with E-state index in [1.54, 1.807) is 6.92 Å². The molecule has 0 atom stereocenters. The lowest BCUT2D eigenvalue weighted by Gasteiger charge is -2.30. The molecule has 0 amide bonds. The van der Waals surface area contributed by atoms with Crippen molar-refractivity contribution in [2.24, 2.45) is 0 Å². The highest BCUT2D eigenvalue weighted by molar-refractivity contribution is 9.10. The van der Waals surface area contributed by atoms with Crippen LogP contribution >= 0.6 is 15.9 Å². The summed E-state index contributed by atoms with van der Waals surface area (Å²) in [6.45, 7) is 1.60. The summed E-state index contributed by atoms with van der Waals surface area (Å²) in [4.78, 5) is 12.1. The number of aromatic nitrogens is 1. The van der Waals surface area contributed by atoms with Crippen molar-refractivity contribution < 1.29 is 13.9 Å². The summed E-state index contributed by atoms with van der Waals surface area (Å²) in [5.41, 5.74) is 0.296. The van der Waals surface area contributed by atoms with Gasteiger partial charge in [0, 0.05) is 12.1 Å². The highest BCUT2D eigenvalue weighted by Gasteiger charge is 2.27. The fourth-order valence-corrected chi connectivity index (χ4v) is 3.04. The van der Waals surface area contributed by atoms with E-state index in [4.69, 9.17) is 0 Å². The summed E-state index contributed by atoms with van der Waals surface area (Å²) >= 11 is 3.01. The van der Waals surface area contributed by atoms with E-state index in [1.165, 1.54) is 4.57 Å². The number of benzene rings is 1. The molecule has 0 spiro atoms. The predicted molar refractivity (Wildman–Crippen MR) is 75.1 cm³/mol. The van der Waals surface area contributed by atoms with Gasteiger partial charge < -0.3 is 9.67 Å². The lowest BCUT2D eigenvalue weighted by atomic mass is 9.92. The van der Waals surface area contributed by atoms with Gasteiger partial charge >= 0.3 is 0 Å². The molecule has 1 aliphatic carbocycles. The lowest BCUT2D eigenvalue weighted by molar-refractivity contribution is 0.313. The maximum atomic E-state index is 14.1. The SMILES string of the molecule is Cc1c(Br)c(F)c(F)c2c(O)cc(=O)n(C3CCC3)c12. The molecule has 1 N–H and O–H groups in total. The zero-order chi connectivity index (χ0) is 14.6. The van der Waals surface area contributed by atoms with Gasteiger partial charge in [0.2, 0.25) is 0 Å². The van der Waals surface area contributed by atoms with E-state index in [2.05, 4.69) is 15.9 Å². The second-order valence-corrected chi connectivity index (χ2v) is 5.91. The highest BCUT2D eigenvalue weighted by Crippen LogP contribution is 2.39. The smallest absolute Gasteiger partial charge is 0.255 e. The Bertz CT molecular complexity index is 781. The topological polar surface area (TPSA) is 42.2 Å². The molecule has 6 heteroatoms. The number of halogens is 3. The molecule has 106 valence electrons. The van der Waals surface area contributed by atoms with Crippen LogP contribution in [0.15, 0.2) is 15.3 Å². The zero-order valence-electron chi connectivity index (χ0n) is 10.7. The van der Waals surface area contributed by atoms with Crippen molar-refractivity contribution in [1.82, 2.24) is 4.57 Å². The Morgan fingerprint density at radius 1 is 1.35 bits per heavy atom. The lowest BCUT2D eigenvalue weighted by Crippen LogP contribution is -2.29. The fraction of sp³-hybridized carbons (Fsp3) is 0.357. The average molecular weight is 344 g/mol. The van der Waals surface area contributed by atoms with E-state index in [9.17, 15) is 18.7 Å². The molecule has 0 saturated heterocycles. The minimum absolute atomic E-state index is 0.0129. The van der Waals surface area contributed by atoms with Crippen LogP contribution in [0.4, 0.5) is 8.78 Å². The third kappa shape index (κ3) is 1.70.